The fourth-order valence-corrected chi connectivity index (χ4v) is 6.44. The van der Waals surface area contributed by atoms with Gasteiger partial charge in [0.25, 0.3) is 0 Å². The normalized spacial score (nSPS) is 17.0. The highest BCUT2D eigenvalue weighted by Crippen LogP contribution is 2.46. The van der Waals surface area contributed by atoms with E-state index < -0.39 is 17.3 Å². The van der Waals surface area contributed by atoms with Gasteiger partial charge < -0.3 is 14.5 Å². The molecule has 7 nitrogen and oxygen atoms in total. The summed E-state index contributed by atoms with van der Waals surface area (Å²) in [6.07, 6.45) is 1.30. The van der Waals surface area contributed by atoms with Crippen molar-refractivity contribution in [2.24, 2.45) is 0 Å². The molecule has 0 saturated carbocycles. The van der Waals surface area contributed by atoms with Crippen molar-refractivity contribution in [1.29, 1.82) is 0 Å². The first-order valence-corrected chi connectivity index (χ1v) is 12.7. The molecule has 196 valence electrons. The number of aryl methyl sites for hydroxylation is 1. The average Bonchev–Trinajstić information content (AvgIpc) is 2.87. The Hall–Kier alpha value is -2.89. The molecule has 0 radical (unpaired) electrons. The molecule has 2 aliphatic heterocycles. The lowest BCUT2D eigenvalue weighted by molar-refractivity contribution is -0.126. The highest BCUT2D eigenvalue weighted by Gasteiger charge is 2.31. The van der Waals surface area contributed by atoms with Crippen LogP contribution in [0.15, 0.2) is 46.6 Å². The van der Waals surface area contributed by atoms with Gasteiger partial charge in [-0.25, -0.2) is 13.6 Å². The number of hydrogen-bond donors (Lipinski definition) is 0. The van der Waals surface area contributed by atoms with Crippen molar-refractivity contribution >= 4 is 47.9 Å². The summed E-state index contributed by atoms with van der Waals surface area (Å²) >= 11 is 1.54. The Morgan fingerprint density at radius 2 is 1.97 bits per heavy atom. The van der Waals surface area contributed by atoms with Crippen LogP contribution in [-0.4, -0.2) is 66.0 Å². The first kappa shape index (κ1) is 27.2. The molecule has 0 spiro atoms. The zero-order valence-electron chi connectivity index (χ0n) is 20.6. The van der Waals surface area contributed by atoms with Gasteiger partial charge in [-0.3, -0.25) is 9.36 Å². The first-order valence-electron chi connectivity index (χ1n) is 11.7. The molecule has 1 atom stereocenters. The van der Waals surface area contributed by atoms with Crippen LogP contribution in [-0.2, 0) is 9.53 Å². The number of thioether (sulfide) groups is 1. The van der Waals surface area contributed by atoms with Gasteiger partial charge in [-0.05, 0) is 36.8 Å². The minimum Gasteiger partial charge on any atom is -0.383 e. The largest absolute Gasteiger partial charge is 0.383 e. The van der Waals surface area contributed by atoms with Gasteiger partial charge >= 0.3 is 5.69 Å². The predicted octanol–water partition coefficient (Wildman–Crippen LogP) is 3.89. The summed E-state index contributed by atoms with van der Waals surface area (Å²) in [5.74, 6) is -0.321. The number of hydrogen-bond acceptors (Lipinski definition) is 6. The van der Waals surface area contributed by atoms with E-state index in [4.69, 9.17) is 4.74 Å². The summed E-state index contributed by atoms with van der Waals surface area (Å²) in [5.41, 5.74) is 2.01. The number of ether oxygens (including phenoxy) is 1. The Kier molecular flexibility index (Phi) is 7.96. The number of anilines is 1. The van der Waals surface area contributed by atoms with Crippen molar-refractivity contribution in [2.45, 2.75) is 17.9 Å². The van der Waals surface area contributed by atoms with E-state index in [-0.39, 0.29) is 31.0 Å². The van der Waals surface area contributed by atoms with Crippen LogP contribution < -0.4 is 10.6 Å². The fraction of sp³-hybridized carbons (Fsp3) is 0.346. The molecule has 1 aromatic heterocycles. The second kappa shape index (κ2) is 10.8. The molecule has 0 N–H and O–H groups in total. The molecule has 1 fully saturated rings. The van der Waals surface area contributed by atoms with Crippen LogP contribution in [0.25, 0.3) is 22.0 Å². The third-order valence-corrected chi connectivity index (χ3v) is 7.99. The lowest BCUT2D eigenvalue weighted by atomic mass is 9.97. The van der Waals surface area contributed by atoms with Gasteiger partial charge in [0.1, 0.15) is 17.5 Å². The van der Waals surface area contributed by atoms with Crippen LogP contribution >= 0.6 is 25.3 Å². The number of halogens is 2. The maximum Gasteiger partial charge on any atom is 0.350 e. The van der Waals surface area contributed by atoms with Crippen LogP contribution in [0.4, 0.5) is 14.6 Å². The number of methoxy groups -OCH3 is 1. The van der Waals surface area contributed by atoms with Crippen molar-refractivity contribution in [3.63, 3.8) is 0 Å². The summed E-state index contributed by atoms with van der Waals surface area (Å²) in [4.78, 5) is 34.4. The smallest absolute Gasteiger partial charge is 0.350 e. The van der Waals surface area contributed by atoms with Gasteiger partial charge in [-0.15, -0.1) is 11.8 Å². The van der Waals surface area contributed by atoms with Gasteiger partial charge in [-0.2, -0.15) is 18.5 Å². The third kappa shape index (κ3) is 4.75. The van der Waals surface area contributed by atoms with E-state index >= 15 is 0 Å². The van der Waals surface area contributed by atoms with Crippen molar-refractivity contribution in [2.75, 3.05) is 50.5 Å². The van der Waals surface area contributed by atoms with Gasteiger partial charge in [0.15, 0.2) is 0 Å². The van der Waals surface area contributed by atoms with Crippen molar-refractivity contribution in [3.8, 4) is 11.1 Å². The molecule has 0 aliphatic carbocycles. The molecule has 2 aliphatic rings. The Bertz CT molecular complexity index is 1440. The first-order chi connectivity index (χ1) is 17.3. The van der Waals surface area contributed by atoms with Gasteiger partial charge in [0, 0.05) is 66.5 Å². The SMILES string of the molecule is C=CC(=O)N1CCN(c2nc(=O)n3c4c(c(-c5ccc(F)cc5F)c(C)cc24)SC[C@@H]3COC)CC1.S. The predicted molar refractivity (Wildman–Crippen MR) is 147 cm³/mol. The topological polar surface area (TPSA) is 67.7 Å². The second-order valence-electron chi connectivity index (χ2n) is 8.94. The van der Waals surface area contributed by atoms with E-state index in [1.807, 2.05) is 17.9 Å². The summed E-state index contributed by atoms with van der Waals surface area (Å²) in [6.45, 7) is 7.78. The van der Waals surface area contributed by atoms with E-state index in [1.165, 1.54) is 30.0 Å². The van der Waals surface area contributed by atoms with Crippen molar-refractivity contribution in [3.05, 3.63) is 64.6 Å². The summed E-state index contributed by atoms with van der Waals surface area (Å²) in [7, 11) is 1.59. The Morgan fingerprint density at radius 3 is 2.62 bits per heavy atom. The average molecular weight is 547 g/mol. The molecule has 1 saturated heterocycles. The van der Waals surface area contributed by atoms with E-state index in [1.54, 1.807) is 16.6 Å². The van der Waals surface area contributed by atoms with Crippen molar-refractivity contribution in [1.82, 2.24) is 14.5 Å². The molecule has 2 aromatic carbocycles. The van der Waals surface area contributed by atoms with Gasteiger partial charge in [-0.1, -0.05) is 6.58 Å². The number of rotatable bonds is 5. The van der Waals surface area contributed by atoms with Crippen LogP contribution in [0.1, 0.15) is 11.6 Å². The standard InChI is InChI=1S/C26H26F2N4O3S.H2S/c1-4-21(33)30-7-9-31(10-8-30)25-19-11-15(2)22(18-6-5-16(27)12-20(18)28)24-23(19)32(26(34)29-25)17(13-35-3)14-36-24;/h4-6,11-12,17H,1,7-10,13-14H2,2-3H3;1H2/t17-;/m0./s1. The maximum absolute atomic E-state index is 14.9. The zero-order valence-corrected chi connectivity index (χ0v) is 22.4. The molecule has 3 aromatic rings. The van der Waals surface area contributed by atoms with Crippen LogP contribution in [0, 0.1) is 18.6 Å². The molecule has 1 amide bonds. The van der Waals surface area contributed by atoms with Gasteiger partial charge in [0.2, 0.25) is 5.91 Å². The van der Waals surface area contributed by atoms with Crippen LogP contribution in [0.5, 0.6) is 0 Å². The maximum atomic E-state index is 14.9. The minimum absolute atomic E-state index is 0. The number of benzene rings is 2. The molecular formula is C26H28F2N4O3S2. The van der Waals surface area contributed by atoms with E-state index in [9.17, 15) is 18.4 Å². The van der Waals surface area contributed by atoms with Crippen LogP contribution in [0.2, 0.25) is 0 Å². The number of carbonyl (C=O) groups excluding carboxylic acids is 1. The number of carbonyl (C=O) groups is 1. The second-order valence-corrected chi connectivity index (χ2v) is 9.97. The molecule has 0 unspecified atom stereocenters. The Labute approximate surface area is 224 Å². The van der Waals surface area contributed by atoms with E-state index in [2.05, 4.69) is 11.6 Å². The Balaban J connectivity index is 0.00000320. The zero-order chi connectivity index (χ0) is 25.6. The Morgan fingerprint density at radius 1 is 1.24 bits per heavy atom. The minimum atomic E-state index is -0.653. The monoisotopic (exact) mass is 546 g/mol. The molecule has 3 heterocycles. The fourth-order valence-electron chi connectivity index (χ4n) is 5.07. The van der Waals surface area contributed by atoms with Crippen molar-refractivity contribution < 1.29 is 18.3 Å². The highest BCUT2D eigenvalue weighted by molar-refractivity contribution is 7.99. The van der Waals surface area contributed by atoms with Crippen LogP contribution in [0.3, 0.4) is 0 Å². The number of aromatic nitrogens is 2. The quantitative estimate of drug-likeness (QED) is 0.453. The lowest BCUT2D eigenvalue weighted by Crippen LogP contribution is -2.49. The summed E-state index contributed by atoms with van der Waals surface area (Å²) in [6, 6.07) is 5.25. The van der Waals surface area contributed by atoms with E-state index in [0.717, 1.165) is 21.9 Å². The molecule has 37 heavy (non-hydrogen) atoms. The number of amides is 1. The van der Waals surface area contributed by atoms with Gasteiger partial charge in [0.05, 0.1) is 18.2 Å². The number of nitrogens with zero attached hydrogens (tertiary/aromatic N) is 4. The molecule has 5 rings (SSSR count). The lowest BCUT2D eigenvalue weighted by Gasteiger charge is -2.36. The number of piperazine rings is 1. The van der Waals surface area contributed by atoms with E-state index in [0.29, 0.717) is 55.4 Å². The third-order valence-electron chi connectivity index (χ3n) is 6.75. The molecule has 11 heteroatoms. The molecule has 0 bridgehead atoms. The molecular weight excluding hydrogens is 518 g/mol. The highest BCUT2D eigenvalue weighted by atomic mass is 32.2. The summed E-state index contributed by atoms with van der Waals surface area (Å²) < 4.78 is 35.6. The summed E-state index contributed by atoms with van der Waals surface area (Å²) in [5, 5.41) is 0.783.